The quantitative estimate of drug-likeness (QED) is 0.615. The Hall–Kier alpha value is -2.43. The van der Waals surface area contributed by atoms with E-state index in [1.165, 1.54) is 4.90 Å². The van der Waals surface area contributed by atoms with Crippen LogP contribution in [0.15, 0.2) is 36.4 Å². The maximum Gasteiger partial charge on any atom is 0.254 e. The average molecular weight is 324 g/mol. The zero-order chi connectivity index (χ0) is 16.8. The van der Waals surface area contributed by atoms with Gasteiger partial charge in [0.05, 0.1) is 17.9 Å². The van der Waals surface area contributed by atoms with E-state index >= 15 is 0 Å². The number of carbonyl (C=O) groups excluding carboxylic acids is 3. The summed E-state index contributed by atoms with van der Waals surface area (Å²) in [5, 5.41) is 0. The molecule has 24 heavy (non-hydrogen) atoms. The Bertz CT molecular complexity index is 723. The molecular formula is C19H20N2O3. The molecule has 1 aromatic carbocycles. The largest absolute Gasteiger partial charge is 0.334 e. The lowest BCUT2D eigenvalue weighted by Crippen LogP contribution is -2.62. The highest BCUT2D eigenvalue weighted by molar-refractivity contribution is 6.06. The van der Waals surface area contributed by atoms with Crippen molar-refractivity contribution < 1.29 is 14.4 Å². The third kappa shape index (κ3) is 2.19. The molecule has 0 spiro atoms. The number of likely N-dealkylation sites (tertiary alicyclic amines) is 2. The van der Waals surface area contributed by atoms with Gasteiger partial charge < -0.3 is 4.90 Å². The molecule has 0 aromatic heterocycles. The summed E-state index contributed by atoms with van der Waals surface area (Å²) >= 11 is 0. The van der Waals surface area contributed by atoms with E-state index < -0.39 is 0 Å². The molecule has 1 aliphatic carbocycles. The van der Waals surface area contributed by atoms with E-state index in [2.05, 4.69) is 0 Å². The van der Waals surface area contributed by atoms with Crippen molar-refractivity contribution in [1.82, 2.24) is 9.80 Å². The minimum absolute atomic E-state index is 0.0254. The van der Waals surface area contributed by atoms with Crippen LogP contribution in [0.2, 0.25) is 0 Å². The number of carbonyl (C=O) groups is 3. The molecular weight excluding hydrogens is 304 g/mol. The smallest absolute Gasteiger partial charge is 0.254 e. The Morgan fingerprint density at radius 2 is 1.58 bits per heavy atom. The number of imide groups is 1. The van der Waals surface area contributed by atoms with Crippen molar-refractivity contribution in [3.8, 4) is 0 Å². The highest BCUT2D eigenvalue weighted by Gasteiger charge is 2.52. The minimum Gasteiger partial charge on any atom is -0.334 e. The highest BCUT2D eigenvalue weighted by atomic mass is 16.2. The van der Waals surface area contributed by atoms with Crippen LogP contribution in [0.25, 0.3) is 0 Å². The van der Waals surface area contributed by atoms with Crippen molar-refractivity contribution in [2.24, 2.45) is 11.8 Å². The van der Waals surface area contributed by atoms with Gasteiger partial charge in [-0.05, 0) is 31.4 Å². The number of hydrogen-bond donors (Lipinski definition) is 0. The number of amides is 3. The predicted octanol–water partition coefficient (Wildman–Crippen LogP) is 1.77. The summed E-state index contributed by atoms with van der Waals surface area (Å²) in [6.45, 7) is 2.80. The predicted molar refractivity (Wildman–Crippen MR) is 88.1 cm³/mol. The molecule has 3 amide bonds. The maximum atomic E-state index is 12.6. The Kier molecular flexibility index (Phi) is 3.52. The number of benzene rings is 1. The van der Waals surface area contributed by atoms with Gasteiger partial charge in [-0.15, -0.1) is 0 Å². The lowest BCUT2D eigenvalue weighted by atomic mass is 9.85. The van der Waals surface area contributed by atoms with Crippen molar-refractivity contribution in [2.75, 3.05) is 13.1 Å². The summed E-state index contributed by atoms with van der Waals surface area (Å²) in [6.07, 6.45) is 5.30. The first kappa shape index (κ1) is 15.1. The van der Waals surface area contributed by atoms with Gasteiger partial charge in [0, 0.05) is 18.7 Å². The fourth-order valence-electron chi connectivity index (χ4n) is 3.95. The number of hydrogen-bond acceptors (Lipinski definition) is 3. The number of aryl methyl sites for hydroxylation is 1. The molecule has 2 heterocycles. The Labute approximate surface area is 140 Å². The number of nitrogens with zero attached hydrogens (tertiary/aromatic N) is 2. The molecule has 2 unspecified atom stereocenters. The molecule has 124 valence electrons. The molecule has 5 heteroatoms. The summed E-state index contributed by atoms with van der Waals surface area (Å²) in [5.74, 6) is -0.514. The van der Waals surface area contributed by atoms with E-state index in [9.17, 15) is 14.4 Å². The topological polar surface area (TPSA) is 57.7 Å². The molecule has 3 aliphatic rings. The first-order valence-electron chi connectivity index (χ1n) is 8.44. The monoisotopic (exact) mass is 324 g/mol. The van der Waals surface area contributed by atoms with Gasteiger partial charge in [0.2, 0.25) is 11.8 Å². The molecule has 0 bridgehead atoms. The molecule has 0 saturated carbocycles. The SMILES string of the molecule is Cc1ccccc1C(=O)N1CC(N2C(=O)C3CC=CCC3C2=O)C1. The van der Waals surface area contributed by atoms with Crippen molar-refractivity contribution in [2.45, 2.75) is 25.8 Å². The normalized spacial score (nSPS) is 26.5. The van der Waals surface area contributed by atoms with Gasteiger partial charge in [-0.2, -0.15) is 0 Å². The van der Waals surface area contributed by atoms with Gasteiger partial charge in [0.1, 0.15) is 0 Å². The average Bonchev–Trinajstić information content (AvgIpc) is 2.79. The van der Waals surface area contributed by atoms with Crippen molar-refractivity contribution >= 4 is 17.7 Å². The molecule has 1 aromatic rings. The molecule has 2 aliphatic heterocycles. The second-order valence-electron chi connectivity index (χ2n) is 6.88. The van der Waals surface area contributed by atoms with Crippen molar-refractivity contribution in [1.29, 1.82) is 0 Å². The fraction of sp³-hybridized carbons (Fsp3) is 0.421. The van der Waals surface area contributed by atoms with Gasteiger partial charge in [-0.3, -0.25) is 19.3 Å². The van der Waals surface area contributed by atoms with Crippen LogP contribution in [0.4, 0.5) is 0 Å². The third-order valence-corrected chi connectivity index (χ3v) is 5.43. The molecule has 4 rings (SSSR count). The van der Waals surface area contributed by atoms with Crippen LogP contribution in [0, 0.1) is 18.8 Å². The second-order valence-corrected chi connectivity index (χ2v) is 6.88. The first-order chi connectivity index (χ1) is 11.6. The van der Waals surface area contributed by atoms with E-state index in [0.717, 1.165) is 5.56 Å². The summed E-state index contributed by atoms with van der Waals surface area (Å²) in [6, 6.07) is 7.32. The third-order valence-electron chi connectivity index (χ3n) is 5.43. The first-order valence-corrected chi connectivity index (χ1v) is 8.44. The summed E-state index contributed by atoms with van der Waals surface area (Å²) in [4.78, 5) is 40.8. The Morgan fingerprint density at radius 3 is 2.17 bits per heavy atom. The zero-order valence-electron chi connectivity index (χ0n) is 13.6. The molecule has 2 fully saturated rings. The van der Waals surface area contributed by atoms with Crippen LogP contribution < -0.4 is 0 Å². The Morgan fingerprint density at radius 1 is 1.00 bits per heavy atom. The van der Waals surface area contributed by atoms with Crippen LogP contribution in [-0.2, 0) is 9.59 Å². The molecule has 2 saturated heterocycles. The molecule has 0 N–H and O–H groups in total. The number of allylic oxidation sites excluding steroid dienone is 2. The second kappa shape index (κ2) is 5.58. The summed E-state index contributed by atoms with van der Waals surface area (Å²) < 4.78 is 0. The van der Waals surface area contributed by atoms with E-state index in [1.807, 2.05) is 43.3 Å². The van der Waals surface area contributed by atoms with Crippen LogP contribution in [-0.4, -0.2) is 46.7 Å². The summed E-state index contributed by atoms with van der Waals surface area (Å²) in [7, 11) is 0. The standard InChI is InChI=1S/C19H20N2O3/c1-12-6-2-3-7-14(12)17(22)20-10-13(11-20)21-18(23)15-8-4-5-9-16(15)19(21)24/h2-7,13,15-16H,8-11H2,1H3. The molecule has 0 radical (unpaired) electrons. The lowest BCUT2D eigenvalue weighted by Gasteiger charge is -2.43. The van der Waals surface area contributed by atoms with E-state index in [0.29, 0.717) is 31.5 Å². The van der Waals surface area contributed by atoms with Gasteiger partial charge >= 0.3 is 0 Å². The van der Waals surface area contributed by atoms with Crippen LogP contribution in [0.5, 0.6) is 0 Å². The fourth-order valence-corrected chi connectivity index (χ4v) is 3.95. The minimum atomic E-state index is -0.191. The van der Waals surface area contributed by atoms with Crippen molar-refractivity contribution in [3.63, 3.8) is 0 Å². The lowest BCUT2D eigenvalue weighted by molar-refractivity contribution is -0.145. The molecule has 2 atom stereocenters. The highest BCUT2D eigenvalue weighted by Crippen LogP contribution is 2.37. The van der Waals surface area contributed by atoms with Crippen LogP contribution in [0.3, 0.4) is 0 Å². The van der Waals surface area contributed by atoms with E-state index in [1.54, 1.807) is 4.90 Å². The van der Waals surface area contributed by atoms with Gasteiger partial charge in [0.25, 0.3) is 5.91 Å². The molecule has 5 nitrogen and oxygen atoms in total. The van der Waals surface area contributed by atoms with Gasteiger partial charge in [-0.25, -0.2) is 0 Å². The van der Waals surface area contributed by atoms with Crippen LogP contribution >= 0.6 is 0 Å². The van der Waals surface area contributed by atoms with Crippen LogP contribution in [0.1, 0.15) is 28.8 Å². The van der Waals surface area contributed by atoms with Crippen molar-refractivity contribution in [3.05, 3.63) is 47.5 Å². The Balaban J connectivity index is 1.45. The number of rotatable bonds is 2. The zero-order valence-corrected chi connectivity index (χ0v) is 13.6. The van der Waals surface area contributed by atoms with Gasteiger partial charge in [-0.1, -0.05) is 30.4 Å². The van der Waals surface area contributed by atoms with Gasteiger partial charge in [0.15, 0.2) is 0 Å². The summed E-state index contributed by atoms with van der Waals surface area (Å²) in [5.41, 5.74) is 1.63. The maximum absolute atomic E-state index is 12.6. The van der Waals surface area contributed by atoms with E-state index in [-0.39, 0.29) is 35.6 Å². The van der Waals surface area contributed by atoms with E-state index in [4.69, 9.17) is 0 Å². The number of fused-ring (bicyclic) bond motifs is 1.